The zero-order chi connectivity index (χ0) is 17.6. The lowest BCUT2D eigenvalue weighted by molar-refractivity contribution is 0.0183. The lowest BCUT2D eigenvalue weighted by Crippen LogP contribution is -2.59. The number of para-hydroxylation sites is 1. The van der Waals surface area contributed by atoms with Crippen LogP contribution in [0, 0.1) is 5.82 Å². The van der Waals surface area contributed by atoms with Crippen molar-refractivity contribution in [2.24, 2.45) is 0 Å². The third-order valence-corrected chi connectivity index (χ3v) is 4.77. The molecule has 2 amide bonds. The van der Waals surface area contributed by atoms with Crippen molar-refractivity contribution in [3.8, 4) is 5.75 Å². The summed E-state index contributed by atoms with van der Waals surface area (Å²) < 4.78 is 24.5. The van der Waals surface area contributed by atoms with Crippen molar-refractivity contribution in [3.63, 3.8) is 0 Å². The summed E-state index contributed by atoms with van der Waals surface area (Å²) in [6.45, 7) is 7.28. The Kier molecular flexibility index (Phi) is 6.09. The van der Waals surface area contributed by atoms with E-state index in [9.17, 15) is 9.18 Å². The molecule has 1 N–H and O–H groups in total. The van der Waals surface area contributed by atoms with Crippen LogP contribution in [0.1, 0.15) is 13.3 Å². The number of nitrogens with one attached hydrogen (secondary N) is 1. The zero-order valence-electron chi connectivity index (χ0n) is 14.6. The summed E-state index contributed by atoms with van der Waals surface area (Å²) in [6.07, 6.45) is 0.768. The second-order valence-corrected chi connectivity index (χ2v) is 6.59. The van der Waals surface area contributed by atoms with Crippen molar-refractivity contribution in [1.29, 1.82) is 0 Å². The highest BCUT2D eigenvalue weighted by Gasteiger charge is 2.32. The van der Waals surface area contributed by atoms with Gasteiger partial charge in [0.25, 0.3) is 0 Å². The Morgan fingerprint density at radius 1 is 1.36 bits per heavy atom. The van der Waals surface area contributed by atoms with Crippen LogP contribution in [0.25, 0.3) is 0 Å². The van der Waals surface area contributed by atoms with Gasteiger partial charge in [0.1, 0.15) is 6.10 Å². The topological polar surface area (TPSA) is 54.0 Å². The summed E-state index contributed by atoms with van der Waals surface area (Å²) in [6, 6.07) is 6.68. The van der Waals surface area contributed by atoms with Gasteiger partial charge < -0.3 is 19.7 Å². The number of urea groups is 1. The SMILES string of the molecule is C[C@H](CCNC(=O)N1CC(Oc2ccccc2F)C1)N1CCOCC1. The summed E-state index contributed by atoms with van der Waals surface area (Å²) in [7, 11) is 0. The smallest absolute Gasteiger partial charge is 0.317 e. The van der Waals surface area contributed by atoms with Crippen molar-refractivity contribution in [3.05, 3.63) is 30.1 Å². The average Bonchev–Trinajstić information content (AvgIpc) is 2.59. The van der Waals surface area contributed by atoms with Gasteiger partial charge in [0, 0.05) is 25.7 Å². The predicted octanol–water partition coefficient (Wildman–Crippen LogP) is 1.71. The van der Waals surface area contributed by atoms with Crippen molar-refractivity contribution in [1.82, 2.24) is 15.1 Å². The molecule has 1 aromatic rings. The first-order chi connectivity index (χ1) is 12.1. The molecule has 2 aliphatic rings. The first-order valence-corrected chi connectivity index (χ1v) is 8.89. The molecular weight excluding hydrogens is 325 g/mol. The molecule has 0 unspecified atom stereocenters. The molecule has 1 aromatic carbocycles. The molecule has 0 saturated carbocycles. The average molecular weight is 351 g/mol. The molecule has 0 radical (unpaired) electrons. The molecule has 0 bridgehead atoms. The molecule has 3 rings (SSSR count). The molecule has 138 valence electrons. The van der Waals surface area contributed by atoms with Crippen LogP contribution in [0.15, 0.2) is 24.3 Å². The maximum absolute atomic E-state index is 13.5. The number of rotatable bonds is 6. The third-order valence-electron chi connectivity index (χ3n) is 4.77. The Balaban J connectivity index is 1.32. The number of hydrogen-bond acceptors (Lipinski definition) is 4. The van der Waals surface area contributed by atoms with Crippen LogP contribution in [0.5, 0.6) is 5.75 Å². The minimum Gasteiger partial charge on any atom is -0.484 e. The van der Waals surface area contributed by atoms with Crippen molar-refractivity contribution < 1.29 is 18.7 Å². The van der Waals surface area contributed by atoms with E-state index >= 15 is 0 Å². The van der Waals surface area contributed by atoms with E-state index in [1.807, 2.05) is 0 Å². The van der Waals surface area contributed by atoms with E-state index in [4.69, 9.17) is 9.47 Å². The van der Waals surface area contributed by atoms with E-state index in [0.717, 1.165) is 32.7 Å². The maximum Gasteiger partial charge on any atom is 0.317 e. The van der Waals surface area contributed by atoms with E-state index in [-0.39, 0.29) is 23.7 Å². The highest BCUT2D eigenvalue weighted by atomic mass is 19.1. The quantitative estimate of drug-likeness (QED) is 0.848. The molecule has 0 aliphatic carbocycles. The normalized spacial score (nSPS) is 20.0. The molecule has 0 spiro atoms. The fourth-order valence-electron chi connectivity index (χ4n) is 3.10. The molecular formula is C18H26FN3O3. The van der Waals surface area contributed by atoms with Crippen molar-refractivity contribution >= 4 is 6.03 Å². The minimum atomic E-state index is -0.373. The van der Waals surface area contributed by atoms with Gasteiger partial charge in [-0.25, -0.2) is 9.18 Å². The largest absolute Gasteiger partial charge is 0.484 e. The first kappa shape index (κ1) is 17.9. The molecule has 0 aromatic heterocycles. The van der Waals surface area contributed by atoms with E-state index < -0.39 is 0 Å². The van der Waals surface area contributed by atoms with Crippen LogP contribution in [0.3, 0.4) is 0 Å². The summed E-state index contributed by atoms with van der Waals surface area (Å²) in [5.41, 5.74) is 0. The number of ether oxygens (including phenoxy) is 2. The van der Waals surface area contributed by atoms with E-state index in [0.29, 0.717) is 25.7 Å². The monoisotopic (exact) mass is 351 g/mol. The predicted molar refractivity (Wildman–Crippen MR) is 92.3 cm³/mol. The third kappa shape index (κ3) is 4.83. The lowest BCUT2D eigenvalue weighted by Gasteiger charge is -2.39. The van der Waals surface area contributed by atoms with Gasteiger partial charge >= 0.3 is 6.03 Å². The number of carbonyl (C=O) groups excluding carboxylic acids is 1. The van der Waals surface area contributed by atoms with Gasteiger partial charge in [0.2, 0.25) is 0 Å². The highest BCUT2D eigenvalue weighted by molar-refractivity contribution is 5.75. The summed E-state index contributed by atoms with van der Waals surface area (Å²) in [5.74, 6) is -0.130. The van der Waals surface area contributed by atoms with E-state index in [1.54, 1.807) is 23.1 Å². The Bertz CT molecular complexity index is 574. The standard InChI is InChI=1S/C18H26FN3O3/c1-14(21-8-10-24-11-9-21)6-7-20-18(23)22-12-15(13-22)25-17-5-3-2-4-16(17)19/h2-5,14-15H,6-13H2,1H3,(H,20,23)/t14-/m1/s1. The molecule has 2 heterocycles. The molecule has 25 heavy (non-hydrogen) atoms. The van der Waals surface area contributed by atoms with Gasteiger partial charge in [-0.1, -0.05) is 12.1 Å². The van der Waals surface area contributed by atoms with Crippen LogP contribution in [-0.2, 0) is 4.74 Å². The molecule has 2 saturated heterocycles. The fraction of sp³-hybridized carbons (Fsp3) is 0.611. The lowest BCUT2D eigenvalue weighted by atomic mass is 10.1. The molecule has 2 fully saturated rings. The van der Waals surface area contributed by atoms with Crippen LogP contribution in [-0.4, -0.2) is 73.9 Å². The Hall–Kier alpha value is -1.86. The Labute approximate surface area is 147 Å². The Morgan fingerprint density at radius 3 is 2.80 bits per heavy atom. The van der Waals surface area contributed by atoms with Crippen LogP contribution in [0.2, 0.25) is 0 Å². The molecule has 2 aliphatic heterocycles. The van der Waals surface area contributed by atoms with Crippen molar-refractivity contribution in [2.45, 2.75) is 25.5 Å². The number of amides is 2. The first-order valence-electron chi connectivity index (χ1n) is 8.89. The number of likely N-dealkylation sites (tertiary alicyclic amines) is 1. The zero-order valence-corrected chi connectivity index (χ0v) is 14.6. The number of morpholine rings is 1. The number of nitrogens with zero attached hydrogens (tertiary/aromatic N) is 2. The number of benzene rings is 1. The molecule has 6 nitrogen and oxygen atoms in total. The van der Waals surface area contributed by atoms with Gasteiger partial charge in [0.05, 0.1) is 26.3 Å². The van der Waals surface area contributed by atoms with Gasteiger partial charge in [0.15, 0.2) is 11.6 Å². The van der Waals surface area contributed by atoms with E-state index in [1.165, 1.54) is 6.07 Å². The van der Waals surface area contributed by atoms with Gasteiger partial charge in [-0.3, -0.25) is 4.90 Å². The van der Waals surface area contributed by atoms with Crippen molar-refractivity contribution in [2.75, 3.05) is 45.9 Å². The summed E-state index contributed by atoms with van der Waals surface area (Å²) >= 11 is 0. The van der Waals surface area contributed by atoms with Gasteiger partial charge in [-0.2, -0.15) is 0 Å². The second kappa shape index (κ2) is 8.49. The Morgan fingerprint density at radius 2 is 2.08 bits per heavy atom. The van der Waals surface area contributed by atoms with Crippen LogP contribution < -0.4 is 10.1 Å². The van der Waals surface area contributed by atoms with Gasteiger partial charge in [-0.15, -0.1) is 0 Å². The second-order valence-electron chi connectivity index (χ2n) is 6.59. The number of halogens is 1. The minimum absolute atomic E-state index is 0.0810. The molecule has 1 atom stereocenters. The highest BCUT2D eigenvalue weighted by Crippen LogP contribution is 2.21. The van der Waals surface area contributed by atoms with E-state index in [2.05, 4.69) is 17.1 Å². The van der Waals surface area contributed by atoms with Gasteiger partial charge in [-0.05, 0) is 25.5 Å². The number of carbonyl (C=O) groups is 1. The van der Waals surface area contributed by atoms with Crippen LogP contribution in [0.4, 0.5) is 9.18 Å². The summed E-state index contributed by atoms with van der Waals surface area (Å²) in [5, 5.41) is 2.95. The molecule has 7 heteroatoms. The van der Waals surface area contributed by atoms with Crippen LogP contribution >= 0.6 is 0 Å². The summed E-state index contributed by atoms with van der Waals surface area (Å²) in [4.78, 5) is 16.2. The number of hydrogen-bond donors (Lipinski definition) is 1. The fourth-order valence-corrected chi connectivity index (χ4v) is 3.10. The maximum atomic E-state index is 13.5.